The van der Waals surface area contributed by atoms with Gasteiger partial charge in [0.2, 0.25) is 5.91 Å². The van der Waals surface area contributed by atoms with Gasteiger partial charge in [-0.3, -0.25) is 4.79 Å². The minimum atomic E-state index is -3.90. The summed E-state index contributed by atoms with van der Waals surface area (Å²) in [4.78, 5) is 13.5. The molecular formula is C18H19NO4S. The Morgan fingerprint density at radius 3 is 2.17 bits per heavy atom. The molecule has 0 bridgehead atoms. The molecule has 126 valence electrons. The standard InChI is InChI=1S/C18H19NO4S/c1-13-10-14(2)12-16(11-13)23-24(21,22)17-7-5-15(6-8-17)19-9-3-4-18(19)20/h5-8,10-12H,3-4,9H2,1-2H3. The van der Waals surface area contributed by atoms with E-state index in [1.807, 2.05) is 19.9 Å². The minimum Gasteiger partial charge on any atom is -0.379 e. The van der Waals surface area contributed by atoms with Gasteiger partial charge in [-0.05, 0) is 67.8 Å². The SMILES string of the molecule is Cc1cc(C)cc(OS(=O)(=O)c2ccc(N3CCCC3=O)cc2)c1. The quantitative estimate of drug-likeness (QED) is 0.798. The van der Waals surface area contributed by atoms with Gasteiger partial charge < -0.3 is 9.08 Å². The van der Waals surface area contributed by atoms with E-state index in [2.05, 4.69) is 0 Å². The largest absolute Gasteiger partial charge is 0.379 e. The van der Waals surface area contributed by atoms with Crippen LogP contribution in [0, 0.1) is 13.8 Å². The Bertz CT molecular complexity index is 852. The maximum atomic E-state index is 12.4. The summed E-state index contributed by atoms with van der Waals surface area (Å²) < 4.78 is 30.1. The molecule has 2 aromatic carbocycles. The molecule has 1 fully saturated rings. The Morgan fingerprint density at radius 2 is 1.62 bits per heavy atom. The van der Waals surface area contributed by atoms with Crippen LogP contribution in [0.3, 0.4) is 0 Å². The molecule has 1 heterocycles. The summed E-state index contributed by atoms with van der Waals surface area (Å²) in [5.41, 5.74) is 2.58. The number of aryl methyl sites for hydroxylation is 2. The summed E-state index contributed by atoms with van der Waals surface area (Å²) in [7, 11) is -3.90. The topological polar surface area (TPSA) is 63.7 Å². The van der Waals surface area contributed by atoms with Crippen molar-refractivity contribution >= 4 is 21.7 Å². The molecular weight excluding hydrogens is 326 g/mol. The van der Waals surface area contributed by atoms with Gasteiger partial charge in [0.05, 0.1) is 0 Å². The highest BCUT2D eigenvalue weighted by Gasteiger charge is 2.23. The number of hydrogen-bond donors (Lipinski definition) is 0. The second-order valence-electron chi connectivity index (χ2n) is 6.00. The van der Waals surface area contributed by atoms with Gasteiger partial charge in [0, 0.05) is 18.7 Å². The molecule has 6 heteroatoms. The summed E-state index contributed by atoms with van der Waals surface area (Å²) in [5.74, 6) is 0.364. The second kappa shape index (κ2) is 6.28. The van der Waals surface area contributed by atoms with Crippen LogP contribution in [0.1, 0.15) is 24.0 Å². The molecule has 1 aliphatic rings. The number of amides is 1. The zero-order valence-electron chi connectivity index (χ0n) is 13.7. The van der Waals surface area contributed by atoms with E-state index in [1.165, 1.54) is 12.1 Å². The van der Waals surface area contributed by atoms with Crippen molar-refractivity contribution in [1.29, 1.82) is 0 Å². The van der Waals surface area contributed by atoms with E-state index in [-0.39, 0.29) is 10.8 Å². The van der Waals surface area contributed by atoms with E-state index in [1.54, 1.807) is 29.2 Å². The summed E-state index contributed by atoms with van der Waals surface area (Å²) in [6, 6.07) is 11.5. The first-order valence-corrected chi connectivity index (χ1v) is 9.19. The van der Waals surface area contributed by atoms with Gasteiger partial charge in [-0.25, -0.2) is 0 Å². The summed E-state index contributed by atoms with van der Waals surface area (Å²) in [6.07, 6.45) is 1.37. The second-order valence-corrected chi connectivity index (χ2v) is 7.55. The average Bonchev–Trinajstić information content (AvgIpc) is 2.92. The van der Waals surface area contributed by atoms with Crippen molar-refractivity contribution in [3.8, 4) is 5.75 Å². The third-order valence-corrected chi connectivity index (χ3v) is 5.17. The normalized spacial score (nSPS) is 14.9. The molecule has 1 aliphatic heterocycles. The van der Waals surface area contributed by atoms with Gasteiger partial charge in [-0.15, -0.1) is 0 Å². The fourth-order valence-electron chi connectivity index (χ4n) is 2.87. The maximum absolute atomic E-state index is 12.4. The van der Waals surface area contributed by atoms with Crippen LogP contribution in [0.15, 0.2) is 47.4 Å². The van der Waals surface area contributed by atoms with E-state index in [0.29, 0.717) is 24.4 Å². The van der Waals surface area contributed by atoms with E-state index in [0.717, 1.165) is 17.5 Å². The summed E-state index contributed by atoms with van der Waals surface area (Å²) in [5, 5.41) is 0. The average molecular weight is 345 g/mol. The molecule has 0 spiro atoms. The molecule has 0 unspecified atom stereocenters. The molecule has 2 aromatic rings. The number of anilines is 1. The summed E-state index contributed by atoms with van der Waals surface area (Å²) >= 11 is 0. The first kappa shape index (κ1) is 16.5. The van der Waals surface area contributed by atoms with Crippen LogP contribution >= 0.6 is 0 Å². The summed E-state index contributed by atoms with van der Waals surface area (Å²) in [6.45, 7) is 4.44. The lowest BCUT2D eigenvalue weighted by Crippen LogP contribution is -2.23. The molecule has 0 aliphatic carbocycles. The molecule has 1 amide bonds. The van der Waals surface area contributed by atoms with Crippen molar-refractivity contribution in [2.75, 3.05) is 11.4 Å². The third-order valence-electron chi connectivity index (χ3n) is 3.91. The van der Waals surface area contributed by atoms with E-state index < -0.39 is 10.1 Å². The zero-order valence-corrected chi connectivity index (χ0v) is 14.5. The van der Waals surface area contributed by atoms with Gasteiger partial charge in [0.15, 0.2) is 0 Å². The van der Waals surface area contributed by atoms with Crippen LogP contribution in [0.4, 0.5) is 5.69 Å². The number of hydrogen-bond acceptors (Lipinski definition) is 4. The van der Waals surface area contributed by atoms with Crippen LogP contribution in [-0.2, 0) is 14.9 Å². The first-order valence-electron chi connectivity index (χ1n) is 7.78. The molecule has 0 aromatic heterocycles. The predicted molar refractivity (Wildman–Crippen MR) is 91.8 cm³/mol. The van der Waals surface area contributed by atoms with Crippen molar-refractivity contribution < 1.29 is 17.4 Å². The first-order chi connectivity index (χ1) is 11.3. The number of rotatable bonds is 4. The van der Waals surface area contributed by atoms with Gasteiger partial charge in [0.25, 0.3) is 0 Å². The molecule has 0 saturated carbocycles. The van der Waals surface area contributed by atoms with Crippen LogP contribution in [0.5, 0.6) is 5.75 Å². The lowest BCUT2D eigenvalue weighted by Gasteiger charge is -2.16. The fraction of sp³-hybridized carbons (Fsp3) is 0.278. The van der Waals surface area contributed by atoms with Crippen molar-refractivity contribution in [1.82, 2.24) is 0 Å². The Labute approximate surface area is 142 Å². The van der Waals surface area contributed by atoms with Crippen molar-refractivity contribution in [3.63, 3.8) is 0 Å². The molecule has 0 N–H and O–H groups in total. The number of nitrogens with zero attached hydrogens (tertiary/aromatic N) is 1. The lowest BCUT2D eigenvalue weighted by atomic mass is 10.1. The monoisotopic (exact) mass is 345 g/mol. The van der Waals surface area contributed by atoms with Gasteiger partial charge in [-0.1, -0.05) is 6.07 Å². The Morgan fingerprint density at radius 1 is 1.00 bits per heavy atom. The molecule has 0 atom stereocenters. The highest BCUT2D eigenvalue weighted by molar-refractivity contribution is 7.87. The maximum Gasteiger partial charge on any atom is 0.339 e. The Kier molecular flexibility index (Phi) is 4.32. The molecule has 24 heavy (non-hydrogen) atoms. The predicted octanol–water partition coefficient (Wildman–Crippen LogP) is 3.20. The van der Waals surface area contributed by atoms with Gasteiger partial charge >= 0.3 is 10.1 Å². The van der Waals surface area contributed by atoms with E-state index in [4.69, 9.17) is 4.18 Å². The van der Waals surface area contributed by atoms with Crippen molar-refractivity contribution in [3.05, 3.63) is 53.6 Å². The smallest absolute Gasteiger partial charge is 0.339 e. The molecule has 1 saturated heterocycles. The van der Waals surface area contributed by atoms with Gasteiger partial charge in [-0.2, -0.15) is 8.42 Å². The third kappa shape index (κ3) is 3.43. The van der Waals surface area contributed by atoms with Crippen molar-refractivity contribution in [2.45, 2.75) is 31.6 Å². The Balaban J connectivity index is 1.83. The highest BCUT2D eigenvalue weighted by Crippen LogP contribution is 2.25. The van der Waals surface area contributed by atoms with E-state index >= 15 is 0 Å². The number of carbonyl (C=O) groups is 1. The van der Waals surface area contributed by atoms with Gasteiger partial charge in [0.1, 0.15) is 10.6 Å². The molecule has 0 radical (unpaired) electrons. The molecule has 5 nitrogen and oxygen atoms in total. The minimum absolute atomic E-state index is 0.0667. The van der Waals surface area contributed by atoms with Crippen molar-refractivity contribution in [2.24, 2.45) is 0 Å². The van der Waals surface area contributed by atoms with Crippen LogP contribution in [0.25, 0.3) is 0 Å². The highest BCUT2D eigenvalue weighted by atomic mass is 32.2. The number of benzene rings is 2. The van der Waals surface area contributed by atoms with E-state index in [9.17, 15) is 13.2 Å². The lowest BCUT2D eigenvalue weighted by molar-refractivity contribution is -0.117. The van der Waals surface area contributed by atoms with Crippen LogP contribution in [0.2, 0.25) is 0 Å². The zero-order chi connectivity index (χ0) is 17.3. The number of carbonyl (C=O) groups excluding carboxylic acids is 1. The molecule has 3 rings (SSSR count). The van der Waals surface area contributed by atoms with Crippen LogP contribution in [-0.4, -0.2) is 20.9 Å². The Hall–Kier alpha value is -2.34. The fourth-order valence-corrected chi connectivity index (χ4v) is 3.78. The van der Waals surface area contributed by atoms with Crippen LogP contribution < -0.4 is 9.08 Å².